The van der Waals surface area contributed by atoms with Crippen molar-refractivity contribution in [3.63, 3.8) is 0 Å². The lowest BCUT2D eigenvalue weighted by atomic mass is 10.0. The summed E-state index contributed by atoms with van der Waals surface area (Å²) in [6.07, 6.45) is 24.6. The van der Waals surface area contributed by atoms with Gasteiger partial charge < -0.3 is 18.9 Å². The molecule has 0 saturated heterocycles. The minimum absolute atomic E-state index is 0.0357. The van der Waals surface area contributed by atoms with Crippen LogP contribution in [0.4, 0.5) is 0 Å². The molecule has 0 aliphatic heterocycles. The summed E-state index contributed by atoms with van der Waals surface area (Å²) in [6.45, 7) is 4.35. The van der Waals surface area contributed by atoms with Gasteiger partial charge in [-0.2, -0.15) is 0 Å². The third-order valence-corrected chi connectivity index (χ3v) is 8.87. The van der Waals surface area contributed by atoms with E-state index in [0.717, 1.165) is 44.9 Å². The summed E-state index contributed by atoms with van der Waals surface area (Å²) in [5, 5.41) is 0. The van der Waals surface area contributed by atoms with E-state index in [0.29, 0.717) is 23.9 Å². The molecule has 0 bridgehead atoms. The van der Waals surface area contributed by atoms with Crippen molar-refractivity contribution in [2.45, 2.75) is 168 Å². The van der Waals surface area contributed by atoms with Gasteiger partial charge >= 0.3 is 19.8 Å². The standard InChI is InChI=1S/C35H70NO8P/c1-6-8-10-12-14-15-16-17-18-19-20-21-22-24-25-27-34(37)41-31-33(44-35(38)28-26-23-13-11-9-7-2)32-43-45(39,40)42-30-29-36(3,4)5/h33H,6-32H2,1-5H3/p+1. The van der Waals surface area contributed by atoms with Crippen molar-refractivity contribution in [1.29, 1.82) is 0 Å². The molecule has 0 amide bonds. The first-order valence-electron chi connectivity index (χ1n) is 18.3. The van der Waals surface area contributed by atoms with Gasteiger partial charge in [-0.05, 0) is 12.8 Å². The van der Waals surface area contributed by atoms with Crippen molar-refractivity contribution in [1.82, 2.24) is 0 Å². The average molecular weight is 665 g/mol. The molecule has 0 heterocycles. The minimum atomic E-state index is -4.35. The molecule has 0 saturated carbocycles. The van der Waals surface area contributed by atoms with E-state index >= 15 is 0 Å². The predicted octanol–water partition coefficient (Wildman–Crippen LogP) is 9.29. The molecule has 0 spiro atoms. The maximum Gasteiger partial charge on any atom is 0.472 e. The molecule has 0 aromatic carbocycles. The topological polar surface area (TPSA) is 108 Å². The van der Waals surface area contributed by atoms with Crippen molar-refractivity contribution in [2.24, 2.45) is 0 Å². The van der Waals surface area contributed by atoms with Crippen LogP contribution in [0.3, 0.4) is 0 Å². The average Bonchev–Trinajstić information content (AvgIpc) is 2.97. The predicted molar refractivity (Wildman–Crippen MR) is 183 cm³/mol. The number of carbonyl (C=O) groups excluding carboxylic acids is 2. The molecule has 0 aromatic heterocycles. The first-order valence-corrected chi connectivity index (χ1v) is 19.8. The van der Waals surface area contributed by atoms with Crippen LogP contribution in [0.2, 0.25) is 0 Å². The van der Waals surface area contributed by atoms with E-state index in [1.165, 1.54) is 83.5 Å². The van der Waals surface area contributed by atoms with Crippen LogP contribution in [0, 0.1) is 0 Å². The van der Waals surface area contributed by atoms with Gasteiger partial charge in [-0.1, -0.05) is 136 Å². The summed E-state index contributed by atoms with van der Waals surface area (Å²) in [6, 6.07) is 0. The lowest BCUT2D eigenvalue weighted by Gasteiger charge is -2.24. The lowest BCUT2D eigenvalue weighted by molar-refractivity contribution is -0.870. The molecule has 0 radical (unpaired) electrons. The number of likely N-dealkylation sites (N-methyl/N-ethyl adjacent to an activating group) is 1. The molecule has 9 nitrogen and oxygen atoms in total. The number of unbranched alkanes of at least 4 members (excludes halogenated alkanes) is 19. The number of esters is 2. The van der Waals surface area contributed by atoms with Crippen LogP contribution in [0.1, 0.15) is 162 Å². The zero-order valence-electron chi connectivity index (χ0n) is 29.9. The van der Waals surface area contributed by atoms with E-state index in [9.17, 15) is 19.0 Å². The van der Waals surface area contributed by atoms with Gasteiger partial charge in [0.15, 0.2) is 6.10 Å². The Morgan fingerprint density at radius 1 is 0.600 bits per heavy atom. The fourth-order valence-electron chi connectivity index (χ4n) is 4.95. The van der Waals surface area contributed by atoms with Crippen LogP contribution in [0.5, 0.6) is 0 Å². The number of hydrogen-bond acceptors (Lipinski definition) is 7. The molecule has 10 heteroatoms. The van der Waals surface area contributed by atoms with Crippen molar-refractivity contribution < 1.29 is 42.1 Å². The fourth-order valence-corrected chi connectivity index (χ4v) is 5.70. The lowest BCUT2D eigenvalue weighted by Crippen LogP contribution is -2.37. The van der Waals surface area contributed by atoms with Gasteiger partial charge in [0, 0.05) is 12.8 Å². The molecule has 0 fully saturated rings. The third kappa shape index (κ3) is 32.7. The number of phosphoric ester groups is 1. The molecule has 0 aliphatic carbocycles. The Hall–Kier alpha value is -0.990. The van der Waals surface area contributed by atoms with E-state index in [2.05, 4.69) is 13.8 Å². The molecule has 0 rings (SSSR count). The van der Waals surface area contributed by atoms with Crippen LogP contribution >= 0.6 is 7.82 Å². The zero-order chi connectivity index (χ0) is 33.7. The number of rotatable bonds is 33. The summed E-state index contributed by atoms with van der Waals surface area (Å²) in [5.41, 5.74) is 0. The van der Waals surface area contributed by atoms with Crippen molar-refractivity contribution >= 4 is 19.8 Å². The summed E-state index contributed by atoms with van der Waals surface area (Å²) in [7, 11) is 1.48. The number of hydrogen-bond donors (Lipinski definition) is 1. The Morgan fingerprint density at radius 3 is 1.42 bits per heavy atom. The molecule has 0 aliphatic rings. The van der Waals surface area contributed by atoms with Gasteiger partial charge in [-0.25, -0.2) is 4.57 Å². The van der Waals surface area contributed by atoms with Crippen LogP contribution in [-0.2, 0) is 32.7 Å². The molecule has 2 unspecified atom stereocenters. The Balaban J connectivity index is 4.29. The van der Waals surface area contributed by atoms with E-state index in [1.54, 1.807) is 0 Å². The third-order valence-electron chi connectivity index (χ3n) is 7.89. The second-order valence-corrected chi connectivity index (χ2v) is 15.1. The molecule has 268 valence electrons. The summed E-state index contributed by atoms with van der Waals surface area (Å²) < 4.78 is 33.9. The van der Waals surface area contributed by atoms with Gasteiger partial charge in [0.05, 0.1) is 27.7 Å². The molecule has 2 atom stereocenters. The van der Waals surface area contributed by atoms with Gasteiger partial charge in [0.25, 0.3) is 0 Å². The number of nitrogens with zero attached hydrogens (tertiary/aromatic N) is 1. The number of ether oxygens (including phenoxy) is 2. The molecule has 1 N–H and O–H groups in total. The molecule has 0 aromatic rings. The zero-order valence-corrected chi connectivity index (χ0v) is 30.8. The van der Waals surface area contributed by atoms with Gasteiger partial charge in [0.1, 0.15) is 19.8 Å². The van der Waals surface area contributed by atoms with Gasteiger partial charge in [-0.15, -0.1) is 0 Å². The Labute approximate surface area is 276 Å². The fraction of sp³-hybridized carbons (Fsp3) is 0.943. The largest absolute Gasteiger partial charge is 0.472 e. The summed E-state index contributed by atoms with van der Waals surface area (Å²) in [5.74, 6) is -0.802. The van der Waals surface area contributed by atoms with E-state index in [4.69, 9.17) is 18.5 Å². The van der Waals surface area contributed by atoms with Crippen molar-refractivity contribution in [3.8, 4) is 0 Å². The first-order chi connectivity index (χ1) is 21.5. The van der Waals surface area contributed by atoms with Gasteiger partial charge in [0.2, 0.25) is 0 Å². The van der Waals surface area contributed by atoms with E-state index < -0.39 is 26.5 Å². The highest BCUT2D eigenvalue weighted by Gasteiger charge is 2.27. The highest BCUT2D eigenvalue weighted by Crippen LogP contribution is 2.43. The molecular formula is C35H71NO8P+. The van der Waals surface area contributed by atoms with Gasteiger partial charge in [-0.3, -0.25) is 18.6 Å². The summed E-state index contributed by atoms with van der Waals surface area (Å²) in [4.78, 5) is 34.9. The smallest absolute Gasteiger partial charge is 0.462 e. The second-order valence-electron chi connectivity index (χ2n) is 13.6. The number of carbonyl (C=O) groups is 2. The number of quaternary nitrogens is 1. The summed E-state index contributed by atoms with van der Waals surface area (Å²) >= 11 is 0. The van der Waals surface area contributed by atoms with Crippen LogP contribution in [-0.4, -0.2) is 74.9 Å². The van der Waals surface area contributed by atoms with Crippen LogP contribution in [0.15, 0.2) is 0 Å². The highest BCUT2D eigenvalue weighted by atomic mass is 31.2. The van der Waals surface area contributed by atoms with Crippen LogP contribution in [0.25, 0.3) is 0 Å². The first kappa shape index (κ1) is 44.0. The Kier molecular flexibility index (Phi) is 28.5. The van der Waals surface area contributed by atoms with Crippen molar-refractivity contribution in [3.05, 3.63) is 0 Å². The van der Waals surface area contributed by atoms with Crippen LogP contribution < -0.4 is 0 Å². The van der Waals surface area contributed by atoms with E-state index in [-0.39, 0.29) is 25.6 Å². The Bertz CT molecular complexity index is 758. The normalized spacial score (nSPS) is 13.8. The molecule has 45 heavy (non-hydrogen) atoms. The maximum absolute atomic E-state index is 12.4. The monoisotopic (exact) mass is 664 g/mol. The van der Waals surface area contributed by atoms with Crippen molar-refractivity contribution in [2.75, 3.05) is 47.5 Å². The Morgan fingerprint density at radius 2 is 1.00 bits per heavy atom. The number of phosphoric acid groups is 1. The highest BCUT2D eigenvalue weighted by molar-refractivity contribution is 7.47. The van der Waals surface area contributed by atoms with E-state index in [1.807, 2.05) is 21.1 Å². The maximum atomic E-state index is 12.4. The minimum Gasteiger partial charge on any atom is -0.462 e. The molecular weight excluding hydrogens is 593 g/mol. The SMILES string of the molecule is CCCCCCCCCCCCCCCCCC(=O)OCC(COP(=O)(O)OCC[N+](C)(C)C)OC(=O)CCCCCCCC. The quantitative estimate of drug-likeness (QED) is 0.0320. The second kappa shape index (κ2) is 29.2.